The molecule has 0 saturated carbocycles. The normalized spacial score (nSPS) is 15.8. The summed E-state index contributed by atoms with van der Waals surface area (Å²) in [4.78, 5) is 16.7. The van der Waals surface area contributed by atoms with Crippen molar-refractivity contribution in [3.05, 3.63) is 59.0 Å². The van der Waals surface area contributed by atoms with E-state index in [4.69, 9.17) is 10.2 Å². The molecule has 23 heavy (non-hydrogen) atoms. The van der Waals surface area contributed by atoms with Crippen LogP contribution in [0.1, 0.15) is 27.2 Å². The Labute approximate surface area is 136 Å². The van der Waals surface area contributed by atoms with Gasteiger partial charge in [0.1, 0.15) is 12.0 Å². The first kappa shape index (κ1) is 15.8. The lowest BCUT2D eigenvalue weighted by molar-refractivity contribution is 0.0628. The number of hydrogen-bond acceptors (Lipinski definition) is 4. The van der Waals surface area contributed by atoms with Gasteiger partial charge in [-0.05, 0) is 18.6 Å². The number of carbonyl (C=O) groups is 1. The lowest BCUT2D eigenvalue weighted by Gasteiger charge is -2.34. The van der Waals surface area contributed by atoms with Gasteiger partial charge in [0.2, 0.25) is 0 Å². The fourth-order valence-corrected chi connectivity index (χ4v) is 2.96. The molecular formula is C18H23N3O2. The number of amides is 1. The summed E-state index contributed by atoms with van der Waals surface area (Å²) >= 11 is 0. The number of rotatable bonds is 4. The van der Waals surface area contributed by atoms with Crippen molar-refractivity contribution in [1.29, 1.82) is 0 Å². The molecule has 0 aliphatic carbocycles. The summed E-state index contributed by atoms with van der Waals surface area (Å²) in [6.45, 7) is 6.63. The number of benzene rings is 1. The first-order chi connectivity index (χ1) is 11.2. The minimum Gasteiger partial charge on any atom is -0.467 e. The topological polar surface area (TPSA) is 62.7 Å². The van der Waals surface area contributed by atoms with Gasteiger partial charge in [-0.25, -0.2) is 0 Å². The second-order valence-electron chi connectivity index (χ2n) is 6.06. The minimum atomic E-state index is 0.0312. The Morgan fingerprint density at radius 2 is 2.00 bits per heavy atom. The molecule has 0 unspecified atom stereocenters. The smallest absolute Gasteiger partial charge is 0.257 e. The molecule has 122 valence electrons. The monoisotopic (exact) mass is 313 g/mol. The highest BCUT2D eigenvalue weighted by atomic mass is 16.3. The van der Waals surface area contributed by atoms with Crippen LogP contribution in [0, 0.1) is 6.92 Å². The molecule has 0 radical (unpaired) electrons. The van der Waals surface area contributed by atoms with E-state index in [9.17, 15) is 4.79 Å². The van der Waals surface area contributed by atoms with Crippen LogP contribution in [-0.2, 0) is 13.1 Å². The third-order valence-corrected chi connectivity index (χ3v) is 4.25. The molecule has 1 aliphatic heterocycles. The number of nitrogens with two attached hydrogens (primary N) is 1. The third-order valence-electron chi connectivity index (χ3n) is 4.25. The Morgan fingerprint density at radius 1 is 1.22 bits per heavy atom. The van der Waals surface area contributed by atoms with Crippen LogP contribution in [0.4, 0.5) is 0 Å². The van der Waals surface area contributed by atoms with E-state index in [1.807, 2.05) is 4.90 Å². The van der Waals surface area contributed by atoms with E-state index in [0.717, 1.165) is 32.7 Å². The molecule has 5 heteroatoms. The lowest BCUT2D eigenvalue weighted by atomic mass is 10.1. The van der Waals surface area contributed by atoms with Crippen molar-refractivity contribution in [3.63, 3.8) is 0 Å². The molecule has 2 aromatic rings. The van der Waals surface area contributed by atoms with Crippen molar-refractivity contribution in [2.24, 2.45) is 5.73 Å². The van der Waals surface area contributed by atoms with E-state index in [-0.39, 0.29) is 5.91 Å². The maximum atomic E-state index is 12.4. The van der Waals surface area contributed by atoms with Gasteiger partial charge < -0.3 is 15.1 Å². The van der Waals surface area contributed by atoms with Gasteiger partial charge in [-0.1, -0.05) is 29.8 Å². The largest absolute Gasteiger partial charge is 0.467 e. The minimum absolute atomic E-state index is 0.0312. The van der Waals surface area contributed by atoms with Gasteiger partial charge in [-0.3, -0.25) is 9.69 Å². The maximum absolute atomic E-state index is 12.4. The van der Waals surface area contributed by atoms with Gasteiger partial charge in [-0.2, -0.15) is 0 Å². The van der Waals surface area contributed by atoms with Crippen LogP contribution in [-0.4, -0.2) is 41.9 Å². The average Bonchev–Trinajstić information content (AvgIpc) is 3.04. The van der Waals surface area contributed by atoms with Crippen molar-refractivity contribution < 1.29 is 9.21 Å². The van der Waals surface area contributed by atoms with Crippen molar-refractivity contribution in [2.75, 3.05) is 26.2 Å². The highest BCUT2D eigenvalue weighted by Gasteiger charge is 2.23. The summed E-state index contributed by atoms with van der Waals surface area (Å²) in [6.07, 6.45) is 1.50. The summed E-state index contributed by atoms with van der Waals surface area (Å²) in [5.74, 6) is 0.676. The van der Waals surface area contributed by atoms with Crippen LogP contribution < -0.4 is 5.73 Å². The lowest BCUT2D eigenvalue weighted by Crippen LogP contribution is -2.48. The Bertz CT molecular complexity index is 672. The first-order valence-corrected chi connectivity index (χ1v) is 8.00. The Balaban J connectivity index is 1.54. The van der Waals surface area contributed by atoms with Gasteiger partial charge in [0, 0.05) is 32.7 Å². The van der Waals surface area contributed by atoms with Gasteiger partial charge in [-0.15, -0.1) is 0 Å². The van der Waals surface area contributed by atoms with Gasteiger partial charge >= 0.3 is 0 Å². The van der Waals surface area contributed by atoms with Crippen LogP contribution >= 0.6 is 0 Å². The van der Waals surface area contributed by atoms with Crippen LogP contribution in [0.5, 0.6) is 0 Å². The predicted octanol–water partition coefficient (Wildman–Crippen LogP) is 2.00. The molecule has 1 saturated heterocycles. The van der Waals surface area contributed by atoms with E-state index in [1.54, 1.807) is 6.07 Å². The highest BCUT2D eigenvalue weighted by molar-refractivity contribution is 5.94. The van der Waals surface area contributed by atoms with Crippen LogP contribution in [0.15, 0.2) is 41.0 Å². The zero-order valence-corrected chi connectivity index (χ0v) is 13.5. The molecule has 0 spiro atoms. The standard InChI is InChI=1S/C18H23N3O2/c1-14-3-2-4-15(9-14)12-20-5-7-21(8-6-20)18(22)16-10-17(11-19)23-13-16/h2-4,9-10,13H,5-8,11-12,19H2,1H3. The Morgan fingerprint density at radius 3 is 2.65 bits per heavy atom. The molecule has 2 N–H and O–H groups in total. The molecule has 0 atom stereocenters. The number of nitrogens with zero attached hydrogens (tertiary/aromatic N) is 2. The third kappa shape index (κ3) is 3.81. The van der Waals surface area contributed by atoms with Crippen molar-refractivity contribution in [2.45, 2.75) is 20.0 Å². The van der Waals surface area contributed by atoms with E-state index in [2.05, 4.69) is 36.1 Å². The van der Waals surface area contributed by atoms with Gasteiger partial charge in [0.05, 0.1) is 12.1 Å². The molecule has 5 nitrogen and oxygen atoms in total. The molecule has 1 aromatic carbocycles. The number of hydrogen-bond donors (Lipinski definition) is 1. The molecule has 1 aliphatic rings. The van der Waals surface area contributed by atoms with E-state index < -0.39 is 0 Å². The fourth-order valence-electron chi connectivity index (χ4n) is 2.96. The number of furan rings is 1. The van der Waals surface area contributed by atoms with Crippen LogP contribution in [0.3, 0.4) is 0 Å². The summed E-state index contributed by atoms with van der Waals surface area (Å²) in [6, 6.07) is 10.3. The first-order valence-electron chi connectivity index (χ1n) is 8.00. The number of carbonyl (C=O) groups excluding carboxylic acids is 1. The second kappa shape index (κ2) is 6.98. The van der Waals surface area contributed by atoms with Crippen LogP contribution in [0.2, 0.25) is 0 Å². The molecule has 1 fully saturated rings. The average molecular weight is 313 g/mol. The van der Waals surface area contributed by atoms with Crippen molar-refractivity contribution in [1.82, 2.24) is 9.80 Å². The number of piperazine rings is 1. The Kier molecular flexibility index (Phi) is 4.79. The van der Waals surface area contributed by atoms with E-state index in [1.165, 1.54) is 17.4 Å². The maximum Gasteiger partial charge on any atom is 0.257 e. The van der Waals surface area contributed by atoms with E-state index in [0.29, 0.717) is 17.9 Å². The Hall–Kier alpha value is -2.11. The van der Waals surface area contributed by atoms with Crippen molar-refractivity contribution in [3.8, 4) is 0 Å². The molecule has 1 amide bonds. The van der Waals surface area contributed by atoms with Crippen molar-refractivity contribution >= 4 is 5.91 Å². The van der Waals surface area contributed by atoms with E-state index >= 15 is 0 Å². The van der Waals surface area contributed by atoms with Gasteiger partial charge in [0.25, 0.3) is 5.91 Å². The fraction of sp³-hybridized carbons (Fsp3) is 0.389. The summed E-state index contributed by atoms with van der Waals surface area (Å²) in [5.41, 5.74) is 8.72. The second-order valence-corrected chi connectivity index (χ2v) is 6.06. The SMILES string of the molecule is Cc1cccc(CN2CCN(C(=O)c3coc(CN)c3)CC2)c1. The zero-order chi connectivity index (χ0) is 16.2. The summed E-state index contributed by atoms with van der Waals surface area (Å²) in [5, 5.41) is 0. The van der Waals surface area contributed by atoms with Crippen LogP contribution in [0.25, 0.3) is 0 Å². The van der Waals surface area contributed by atoms with Gasteiger partial charge in [0.15, 0.2) is 0 Å². The highest BCUT2D eigenvalue weighted by Crippen LogP contribution is 2.14. The summed E-state index contributed by atoms with van der Waals surface area (Å²) < 4.78 is 5.25. The zero-order valence-electron chi connectivity index (χ0n) is 13.5. The predicted molar refractivity (Wildman–Crippen MR) is 89.0 cm³/mol. The summed E-state index contributed by atoms with van der Waals surface area (Å²) in [7, 11) is 0. The quantitative estimate of drug-likeness (QED) is 0.938. The number of aryl methyl sites for hydroxylation is 1. The molecular weight excluding hydrogens is 290 g/mol. The molecule has 3 rings (SSSR count). The molecule has 1 aromatic heterocycles. The molecule has 2 heterocycles. The molecule has 0 bridgehead atoms.